The first kappa shape index (κ1) is 11.6. The second kappa shape index (κ2) is 4.67. The summed E-state index contributed by atoms with van der Waals surface area (Å²) in [7, 11) is 1.93. The summed E-state index contributed by atoms with van der Waals surface area (Å²) < 4.78 is 0. The van der Waals surface area contributed by atoms with Gasteiger partial charge in [0, 0.05) is 24.0 Å². The fourth-order valence-electron chi connectivity index (χ4n) is 1.94. The Hall–Kier alpha value is -2.45. The molecule has 0 unspecified atom stereocenters. The molecule has 0 spiro atoms. The lowest BCUT2D eigenvalue weighted by Crippen LogP contribution is -2.09. The fraction of sp³-hybridized carbons (Fsp3) is 0.0714. The average molecular weight is 266 g/mol. The van der Waals surface area contributed by atoms with Crippen molar-refractivity contribution in [2.45, 2.75) is 0 Å². The van der Waals surface area contributed by atoms with Crippen LogP contribution in [0.5, 0.6) is 0 Å². The molecule has 5 heteroatoms. The Bertz CT molecular complexity index is 767. The molecule has 0 bridgehead atoms. The molecule has 0 saturated carbocycles. The number of anilines is 2. The average Bonchev–Trinajstić information content (AvgIpc) is 2.95. The highest BCUT2D eigenvalue weighted by molar-refractivity contribution is 7.16. The van der Waals surface area contributed by atoms with E-state index in [9.17, 15) is 0 Å². The van der Waals surface area contributed by atoms with Crippen molar-refractivity contribution in [2.75, 3.05) is 11.9 Å². The van der Waals surface area contributed by atoms with Gasteiger partial charge in [0.25, 0.3) is 0 Å². The van der Waals surface area contributed by atoms with Gasteiger partial charge in [0.1, 0.15) is 10.9 Å². The minimum absolute atomic E-state index is 0.607. The minimum Gasteiger partial charge on any atom is -0.319 e. The molecule has 0 atom stereocenters. The van der Waals surface area contributed by atoms with Crippen molar-refractivity contribution in [3.05, 3.63) is 47.7 Å². The van der Waals surface area contributed by atoms with Gasteiger partial charge in [-0.3, -0.25) is 4.98 Å². The van der Waals surface area contributed by atoms with Crippen LogP contribution in [-0.4, -0.2) is 17.0 Å². The van der Waals surface area contributed by atoms with Gasteiger partial charge >= 0.3 is 0 Å². The molecule has 0 amide bonds. The highest BCUT2D eigenvalue weighted by Gasteiger charge is 2.12. The molecule has 0 N–H and O–H groups in total. The summed E-state index contributed by atoms with van der Waals surface area (Å²) in [6, 6.07) is 10.2. The summed E-state index contributed by atoms with van der Waals surface area (Å²) in [5, 5.41) is 11.9. The van der Waals surface area contributed by atoms with E-state index in [0.717, 1.165) is 21.6 Å². The van der Waals surface area contributed by atoms with Gasteiger partial charge in [0.15, 0.2) is 5.13 Å². The molecule has 0 aliphatic rings. The van der Waals surface area contributed by atoms with E-state index in [1.54, 1.807) is 6.20 Å². The second-order valence-corrected chi connectivity index (χ2v) is 5.07. The molecule has 19 heavy (non-hydrogen) atoms. The normalized spacial score (nSPS) is 10.3. The maximum atomic E-state index is 8.86. The highest BCUT2D eigenvalue weighted by Crippen LogP contribution is 2.32. The van der Waals surface area contributed by atoms with Crippen LogP contribution >= 0.6 is 11.3 Å². The van der Waals surface area contributed by atoms with E-state index in [1.165, 1.54) is 11.3 Å². The van der Waals surface area contributed by atoms with Crippen molar-refractivity contribution >= 4 is 32.9 Å². The summed E-state index contributed by atoms with van der Waals surface area (Å²) in [6.45, 7) is 0. The van der Waals surface area contributed by atoms with Gasteiger partial charge in [-0.15, -0.1) is 0 Å². The zero-order valence-corrected chi connectivity index (χ0v) is 11.1. The number of hydrogen-bond donors (Lipinski definition) is 0. The van der Waals surface area contributed by atoms with Crippen LogP contribution in [0.3, 0.4) is 0 Å². The third kappa shape index (κ3) is 2.02. The Morgan fingerprint density at radius 3 is 2.84 bits per heavy atom. The largest absolute Gasteiger partial charge is 0.319 e. The van der Waals surface area contributed by atoms with E-state index >= 15 is 0 Å². The quantitative estimate of drug-likeness (QED) is 0.714. The minimum atomic E-state index is 0.607. The Balaban J connectivity index is 2.11. The zero-order chi connectivity index (χ0) is 13.2. The maximum absolute atomic E-state index is 8.86. The standard InChI is InChI=1S/C14H10N4S/c1-18(14-17-8-11(6-15)19-14)13-9-16-7-10-4-2-3-5-12(10)13/h2-5,7-9H,1H3. The Morgan fingerprint density at radius 1 is 1.21 bits per heavy atom. The molecule has 0 fully saturated rings. The van der Waals surface area contributed by atoms with Gasteiger partial charge in [-0.2, -0.15) is 5.26 Å². The number of aromatic nitrogens is 2. The second-order valence-electron chi connectivity index (χ2n) is 4.06. The molecule has 2 aromatic heterocycles. The van der Waals surface area contributed by atoms with Crippen molar-refractivity contribution in [1.29, 1.82) is 5.26 Å². The molecule has 1 aromatic carbocycles. The lowest BCUT2D eigenvalue weighted by atomic mass is 10.1. The van der Waals surface area contributed by atoms with E-state index in [4.69, 9.17) is 5.26 Å². The number of thiazole rings is 1. The zero-order valence-electron chi connectivity index (χ0n) is 10.2. The van der Waals surface area contributed by atoms with E-state index < -0.39 is 0 Å². The molecule has 2 heterocycles. The van der Waals surface area contributed by atoms with Crippen molar-refractivity contribution in [2.24, 2.45) is 0 Å². The Labute approximate surface area is 114 Å². The molecular weight excluding hydrogens is 256 g/mol. The maximum Gasteiger partial charge on any atom is 0.190 e. The van der Waals surface area contributed by atoms with E-state index in [-0.39, 0.29) is 0 Å². The SMILES string of the molecule is CN(c1ncc(C#N)s1)c1cncc2ccccc12. The van der Waals surface area contributed by atoms with Crippen LogP contribution in [0.1, 0.15) is 4.88 Å². The predicted octanol–water partition coefficient (Wildman–Crippen LogP) is 3.33. The summed E-state index contributed by atoms with van der Waals surface area (Å²) in [5.74, 6) is 0. The van der Waals surface area contributed by atoms with Crippen LogP contribution in [0.2, 0.25) is 0 Å². The molecule has 3 rings (SSSR count). The van der Waals surface area contributed by atoms with Crippen LogP contribution in [0.15, 0.2) is 42.9 Å². The van der Waals surface area contributed by atoms with Gasteiger partial charge in [-0.1, -0.05) is 35.6 Å². The Kier molecular flexibility index (Phi) is 2.86. The summed E-state index contributed by atoms with van der Waals surface area (Å²) in [6.07, 6.45) is 5.25. The van der Waals surface area contributed by atoms with E-state index in [0.29, 0.717) is 4.88 Å². The van der Waals surface area contributed by atoms with Crippen molar-refractivity contribution in [1.82, 2.24) is 9.97 Å². The fourth-order valence-corrected chi connectivity index (χ4v) is 2.63. The summed E-state index contributed by atoms with van der Waals surface area (Å²) in [4.78, 5) is 11.1. The molecular formula is C14H10N4S. The number of fused-ring (bicyclic) bond motifs is 1. The number of nitriles is 1. The van der Waals surface area contributed by atoms with Gasteiger partial charge in [-0.05, 0) is 0 Å². The van der Waals surface area contributed by atoms with Gasteiger partial charge in [0.2, 0.25) is 0 Å². The van der Waals surface area contributed by atoms with Crippen LogP contribution in [0.4, 0.5) is 10.8 Å². The molecule has 0 aliphatic heterocycles. The first-order valence-corrected chi connectivity index (χ1v) is 6.53. The first-order valence-electron chi connectivity index (χ1n) is 5.72. The lowest BCUT2D eigenvalue weighted by molar-refractivity contribution is 1.16. The van der Waals surface area contributed by atoms with Gasteiger partial charge < -0.3 is 4.90 Å². The molecule has 3 aromatic rings. The summed E-state index contributed by atoms with van der Waals surface area (Å²) in [5.41, 5.74) is 0.983. The molecule has 0 radical (unpaired) electrons. The van der Waals surface area contributed by atoms with Crippen LogP contribution in [0, 0.1) is 11.3 Å². The monoisotopic (exact) mass is 266 g/mol. The van der Waals surface area contributed by atoms with Gasteiger partial charge in [-0.25, -0.2) is 4.98 Å². The molecule has 4 nitrogen and oxygen atoms in total. The Morgan fingerprint density at radius 2 is 2.05 bits per heavy atom. The number of nitrogens with zero attached hydrogens (tertiary/aromatic N) is 4. The smallest absolute Gasteiger partial charge is 0.190 e. The highest BCUT2D eigenvalue weighted by atomic mass is 32.1. The van der Waals surface area contributed by atoms with Crippen molar-refractivity contribution in [3.63, 3.8) is 0 Å². The van der Waals surface area contributed by atoms with Crippen molar-refractivity contribution in [3.8, 4) is 6.07 Å². The third-order valence-corrected chi connectivity index (χ3v) is 3.88. The number of rotatable bonds is 2. The topological polar surface area (TPSA) is 52.8 Å². The van der Waals surface area contributed by atoms with Crippen molar-refractivity contribution < 1.29 is 0 Å². The number of benzene rings is 1. The number of hydrogen-bond acceptors (Lipinski definition) is 5. The predicted molar refractivity (Wildman–Crippen MR) is 76.6 cm³/mol. The number of pyridine rings is 1. The van der Waals surface area contributed by atoms with E-state index in [2.05, 4.69) is 22.1 Å². The van der Waals surface area contributed by atoms with Crippen LogP contribution in [0.25, 0.3) is 10.8 Å². The third-order valence-electron chi connectivity index (χ3n) is 2.90. The molecule has 92 valence electrons. The van der Waals surface area contributed by atoms with Gasteiger partial charge in [0.05, 0.1) is 18.1 Å². The van der Waals surface area contributed by atoms with Crippen LogP contribution < -0.4 is 4.90 Å². The van der Waals surface area contributed by atoms with E-state index in [1.807, 2.05) is 42.5 Å². The lowest BCUT2D eigenvalue weighted by Gasteiger charge is -2.17. The molecule has 0 aliphatic carbocycles. The summed E-state index contributed by atoms with van der Waals surface area (Å²) >= 11 is 1.37. The molecule has 0 saturated heterocycles. The first-order chi connectivity index (χ1) is 9.29. The van der Waals surface area contributed by atoms with Crippen LogP contribution in [-0.2, 0) is 0 Å².